The van der Waals surface area contributed by atoms with E-state index >= 15 is 0 Å². The number of hydrogen-bond acceptors (Lipinski definition) is 2. The van der Waals surface area contributed by atoms with E-state index in [2.05, 4.69) is 0 Å². The van der Waals surface area contributed by atoms with Crippen molar-refractivity contribution in [3.63, 3.8) is 0 Å². The van der Waals surface area contributed by atoms with Crippen molar-refractivity contribution in [2.24, 2.45) is 17.3 Å². The number of rotatable bonds is 1. The van der Waals surface area contributed by atoms with Crippen LogP contribution in [0.5, 0.6) is 0 Å². The predicted molar refractivity (Wildman–Crippen MR) is 71.2 cm³/mol. The Bertz CT molecular complexity index is 351. The average molecular weight is 250 g/mol. The Kier molecular flexibility index (Phi) is 3.04. The van der Waals surface area contributed by atoms with E-state index in [1.165, 1.54) is 25.7 Å². The van der Waals surface area contributed by atoms with Crippen molar-refractivity contribution in [1.29, 1.82) is 0 Å². The minimum Gasteiger partial charge on any atom is -0.389 e. The molecule has 0 aliphatic heterocycles. The van der Waals surface area contributed by atoms with Crippen LogP contribution in [0.4, 0.5) is 0 Å². The van der Waals surface area contributed by atoms with Crippen LogP contribution >= 0.6 is 0 Å². The number of carbonyl (C=O) groups is 1. The fraction of sp³-hybridized carbons (Fsp3) is 0.938. The van der Waals surface area contributed by atoms with Crippen LogP contribution in [0.15, 0.2) is 0 Å². The van der Waals surface area contributed by atoms with Gasteiger partial charge in [-0.2, -0.15) is 0 Å². The van der Waals surface area contributed by atoms with Crippen molar-refractivity contribution in [2.45, 2.75) is 76.7 Å². The second-order valence-electron chi connectivity index (χ2n) is 7.09. The third kappa shape index (κ3) is 1.68. The van der Waals surface area contributed by atoms with Crippen molar-refractivity contribution >= 4 is 5.78 Å². The summed E-state index contributed by atoms with van der Waals surface area (Å²) >= 11 is 0. The minimum absolute atomic E-state index is 0.258. The predicted octanol–water partition coefficient (Wildman–Crippen LogP) is 3.47. The molecule has 4 atom stereocenters. The Balaban J connectivity index is 1.94. The SMILES string of the molecule is CC(=O)C12CCCCC1(O)CC1CCCCC1C2. The lowest BCUT2D eigenvalue weighted by molar-refractivity contribution is -0.183. The van der Waals surface area contributed by atoms with E-state index in [1.807, 2.05) is 0 Å². The summed E-state index contributed by atoms with van der Waals surface area (Å²) in [6.07, 6.45) is 11.1. The molecule has 0 saturated heterocycles. The maximum absolute atomic E-state index is 12.3. The van der Waals surface area contributed by atoms with Crippen LogP contribution in [0.3, 0.4) is 0 Å². The molecule has 102 valence electrons. The summed E-state index contributed by atoms with van der Waals surface area (Å²) in [5.74, 6) is 1.66. The van der Waals surface area contributed by atoms with Gasteiger partial charge in [0.1, 0.15) is 5.78 Å². The van der Waals surface area contributed by atoms with Gasteiger partial charge in [-0.05, 0) is 44.4 Å². The van der Waals surface area contributed by atoms with Crippen LogP contribution in [0, 0.1) is 17.3 Å². The number of ketones is 1. The molecule has 0 radical (unpaired) electrons. The van der Waals surface area contributed by atoms with Crippen molar-refractivity contribution in [1.82, 2.24) is 0 Å². The van der Waals surface area contributed by atoms with Gasteiger partial charge in [0, 0.05) is 0 Å². The van der Waals surface area contributed by atoms with Gasteiger partial charge in [0.25, 0.3) is 0 Å². The maximum Gasteiger partial charge on any atom is 0.138 e. The lowest BCUT2D eigenvalue weighted by Gasteiger charge is -2.57. The standard InChI is InChI=1S/C16H26O2/c1-12(17)15-8-4-5-9-16(15,18)11-14-7-3-2-6-13(14)10-15/h13-14,18H,2-11H2,1H3. The molecule has 3 fully saturated rings. The average Bonchev–Trinajstić information content (AvgIpc) is 2.35. The number of fused-ring (bicyclic) bond motifs is 2. The largest absolute Gasteiger partial charge is 0.389 e. The zero-order chi connectivity index (χ0) is 12.8. The van der Waals surface area contributed by atoms with Crippen molar-refractivity contribution < 1.29 is 9.90 Å². The highest BCUT2D eigenvalue weighted by molar-refractivity contribution is 5.84. The third-order valence-corrected chi connectivity index (χ3v) is 6.29. The minimum atomic E-state index is -0.671. The molecule has 0 heterocycles. The summed E-state index contributed by atoms with van der Waals surface area (Å²) in [5, 5.41) is 11.1. The molecule has 0 aromatic carbocycles. The summed E-state index contributed by atoms with van der Waals surface area (Å²) in [7, 11) is 0. The monoisotopic (exact) mass is 250 g/mol. The van der Waals surface area contributed by atoms with Gasteiger partial charge < -0.3 is 5.11 Å². The van der Waals surface area contributed by atoms with E-state index in [0.29, 0.717) is 11.8 Å². The van der Waals surface area contributed by atoms with Gasteiger partial charge in [0.05, 0.1) is 11.0 Å². The summed E-state index contributed by atoms with van der Waals surface area (Å²) < 4.78 is 0. The van der Waals surface area contributed by atoms with E-state index < -0.39 is 5.60 Å². The number of Topliss-reactive ketones (excluding diaryl/α,β-unsaturated/α-hetero) is 1. The highest BCUT2D eigenvalue weighted by atomic mass is 16.3. The normalized spacial score (nSPS) is 48.1. The second-order valence-corrected chi connectivity index (χ2v) is 7.09. The molecule has 1 N–H and O–H groups in total. The fourth-order valence-corrected chi connectivity index (χ4v) is 5.26. The quantitative estimate of drug-likeness (QED) is 0.773. The molecule has 0 bridgehead atoms. The van der Waals surface area contributed by atoms with Crippen LogP contribution in [0.1, 0.15) is 71.1 Å². The number of hydrogen-bond donors (Lipinski definition) is 1. The van der Waals surface area contributed by atoms with Gasteiger partial charge in [-0.3, -0.25) is 4.79 Å². The van der Waals surface area contributed by atoms with Gasteiger partial charge >= 0.3 is 0 Å². The van der Waals surface area contributed by atoms with Crippen LogP contribution in [0.25, 0.3) is 0 Å². The first-order valence-electron chi connectivity index (χ1n) is 7.81. The molecular weight excluding hydrogens is 224 g/mol. The first kappa shape index (κ1) is 12.7. The summed E-state index contributed by atoms with van der Waals surface area (Å²) in [4.78, 5) is 12.3. The molecule has 0 aromatic rings. The smallest absolute Gasteiger partial charge is 0.138 e. The van der Waals surface area contributed by atoms with Crippen molar-refractivity contribution in [2.75, 3.05) is 0 Å². The first-order valence-corrected chi connectivity index (χ1v) is 7.81. The zero-order valence-electron chi connectivity index (χ0n) is 11.6. The Morgan fingerprint density at radius 3 is 2.28 bits per heavy atom. The van der Waals surface area contributed by atoms with Crippen LogP contribution in [-0.4, -0.2) is 16.5 Å². The highest BCUT2D eigenvalue weighted by Gasteiger charge is 2.59. The maximum atomic E-state index is 12.3. The lowest BCUT2D eigenvalue weighted by atomic mass is 9.49. The molecule has 3 saturated carbocycles. The van der Waals surface area contributed by atoms with Gasteiger partial charge in [-0.25, -0.2) is 0 Å². The molecule has 3 aliphatic carbocycles. The van der Waals surface area contributed by atoms with Crippen molar-refractivity contribution in [3.8, 4) is 0 Å². The van der Waals surface area contributed by atoms with E-state index in [0.717, 1.165) is 38.5 Å². The molecule has 0 amide bonds. The second kappa shape index (κ2) is 4.33. The molecular formula is C16H26O2. The number of aliphatic hydroxyl groups is 1. The molecule has 0 spiro atoms. The summed E-state index contributed by atoms with van der Waals surface area (Å²) in [5.41, 5.74) is -1.06. The third-order valence-electron chi connectivity index (χ3n) is 6.29. The van der Waals surface area contributed by atoms with Gasteiger partial charge in [-0.1, -0.05) is 38.5 Å². The molecule has 2 heteroatoms. The van der Waals surface area contributed by atoms with Gasteiger partial charge in [0.2, 0.25) is 0 Å². The van der Waals surface area contributed by atoms with Crippen LogP contribution in [0.2, 0.25) is 0 Å². The van der Waals surface area contributed by atoms with Gasteiger partial charge in [0.15, 0.2) is 0 Å². The van der Waals surface area contributed by atoms with E-state index in [9.17, 15) is 9.90 Å². The molecule has 3 rings (SSSR count). The fourth-order valence-electron chi connectivity index (χ4n) is 5.26. The Morgan fingerprint density at radius 1 is 1.00 bits per heavy atom. The summed E-state index contributed by atoms with van der Waals surface area (Å²) in [6.45, 7) is 1.72. The van der Waals surface area contributed by atoms with Crippen LogP contribution in [-0.2, 0) is 4.79 Å². The van der Waals surface area contributed by atoms with E-state index in [-0.39, 0.29) is 11.2 Å². The van der Waals surface area contributed by atoms with E-state index in [1.54, 1.807) is 6.92 Å². The molecule has 0 aromatic heterocycles. The van der Waals surface area contributed by atoms with Crippen molar-refractivity contribution in [3.05, 3.63) is 0 Å². The number of carbonyl (C=O) groups excluding carboxylic acids is 1. The molecule has 18 heavy (non-hydrogen) atoms. The Labute approximate surface area is 110 Å². The molecule has 3 aliphatic rings. The van der Waals surface area contributed by atoms with Gasteiger partial charge in [-0.15, -0.1) is 0 Å². The highest BCUT2D eigenvalue weighted by Crippen LogP contribution is 2.59. The first-order chi connectivity index (χ1) is 8.57. The molecule has 4 unspecified atom stereocenters. The van der Waals surface area contributed by atoms with Crippen LogP contribution < -0.4 is 0 Å². The zero-order valence-corrected chi connectivity index (χ0v) is 11.6. The summed E-state index contributed by atoms with van der Waals surface area (Å²) in [6, 6.07) is 0. The Morgan fingerprint density at radius 2 is 1.61 bits per heavy atom. The Hall–Kier alpha value is -0.370. The molecule has 2 nitrogen and oxygen atoms in total. The van der Waals surface area contributed by atoms with E-state index in [4.69, 9.17) is 0 Å². The lowest BCUT2D eigenvalue weighted by Crippen LogP contribution is -2.60. The topological polar surface area (TPSA) is 37.3 Å².